The second-order valence-corrected chi connectivity index (χ2v) is 6.10. The zero-order valence-electron chi connectivity index (χ0n) is 12.4. The molecule has 4 heteroatoms. The second kappa shape index (κ2) is 7.71. The van der Waals surface area contributed by atoms with E-state index in [0.717, 1.165) is 34.8 Å². The zero-order chi connectivity index (χ0) is 15.2. The minimum Gasteiger partial charge on any atom is -0.381 e. The number of halogens is 2. The lowest BCUT2D eigenvalue weighted by Crippen LogP contribution is -2.21. The normalized spacial score (nSPS) is 10.5. The number of hydrogen-bond donors (Lipinski definition) is 1. The summed E-state index contributed by atoms with van der Waals surface area (Å²) in [7, 11) is 0. The Morgan fingerprint density at radius 2 is 1.71 bits per heavy atom. The van der Waals surface area contributed by atoms with Gasteiger partial charge in [0.05, 0.1) is 0 Å². The minimum absolute atomic E-state index is 0.745. The van der Waals surface area contributed by atoms with Gasteiger partial charge in [-0.2, -0.15) is 0 Å². The van der Waals surface area contributed by atoms with Crippen molar-refractivity contribution >= 4 is 38.9 Å². The molecule has 2 rings (SSSR count). The average molecular weight is 368 g/mol. The second-order valence-electron chi connectivity index (χ2n) is 4.81. The van der Waals surface area contributed by atoms with E-state index in [9.17, 15) is 0 Å². The molecular formula is C17H20BrClN2. The Hall–Kier alpha value is -1.19. The first-order chi connectivity index (χ1) is 10.1. The smallest absolute Gasteiger partial charge is 0.0417 e. The summed E-state index contributed by atoms with van der Waals surface area (Å²) in [6.45, 7) is 7.17. The number of nitrogens with zero attached hydrogens (tertiary/aromatic N) is 1. The Morgan fingerprint density at radius 3 is 2.29 bits per heavy atom. The van der Waals surface area contributed by atoms with Crippen LogP contribution >= 0.6 is 27.5 Å². The molecule has 0 spiro atoms. The molecule has 0 unspecified atom stereocenters. The highest BCUT2D eigenvalue weighted by Gasteiger charge is 2.03. The van der Waals surface area contributed by atoms with Gasteiger partial charge in [-0.25, -0.2) is 0 Å². The van der Waals surface area contributed by atoms with Crippen LogP contribution in [0.1, 0.15) is 19.4 Å². The van der Waals surface area contributed by atoms with Crippen LogP contribution in [0.2, 0.25) is 5.02 Å². The molecule has 0 aromatic heterocycles. The van der Waals surface area contributed by atoms with Crippen molar-refractivity contribution in [3.63, 3.8) is 0 Å². The zero-order valence-corrected chi connectivity index (χ0v) is 14.7. The van der Waals surface area contributed by atoms with Gasteiger partial charge < -0.3 is 10.2 Å². The lowest BCUT2D eigenvalue weighted by atomic mass is 10.2. The molecule has 2 aromatic carbocycles. The summed E-state index contributed by atoms with van der Waals surface area (Å²) in [6, 6.07) is 14.4. The molecule has 0 saturated heterocycles. The molecule has 0 fully saturated rings. The Kier molecular flexibility index (Phi) is 5.95. The van der Waals surface area contributed by atoms with E-state index in [1.807, 2.05) is 18.2 Å². The SMILES string of the molecule is CCN(CC)c1ccc(NCc2ccc(Cl)cc2Br)cc1. The van der Waals surface area contributed by atoms with Crippen molar-refractivity contribution in [2.45, 2.75) is 20.4 Å². The highest BCUT2D eigenvalue weighted by atomic mass is 79.9. The van der Waals surface area contributed by atoms with E-state index in [4.69, 9.17) is 11.6 Å². The number of nitrogens with one attached hydrogen (secondary N) is 1. The van der Waals surface area contributed by atoms with Gasteiger partial charge in [0.15, 0.2) is 0 Å². The first kappa shape index (κ1) is 16.2. The van der Waals surface area contributed by atoms with Gasteiger partial charge in [0, 0.05) is 40.5 Å². The summed E-state index contributed by atoms with van der Waals surface area (Å²) in [5, 5.41) is 4.18. The summed E-state index contributed by atoms with van der Waals surface area (Å²) >= 11 is 9.49. The van der Waals surface area contributed by atoms with Gasteiger partial charge in [-0.3, -0.25) is 0 Å². The summed E-state index contributed by atoms with van der Waals surface area (Å²) in [4.78, 5) is 2.33. The van der Waals surface area contributed by atoms with Crippen molar-refractivity contribution < 1.29 is 0 Å². The van der Waals surface area contributed by atoms with E-state index in [2.05, 4.69) is 64.3 Å². The van der Waals surface area contributed by atoms with Gasteiger partial charge in [-0.05, 0) is 55.8 Å². The Labute approximate surface area is 140 Å². The van der Waals surface area contributed by atoms with Crippen LogP contribution in [0.5, 0.6) is 0 Å². The van der Waals surface area contributed by atoms with Crippen molar-refractivity contribution in [3.05, 3.63) is 57.5 Å². The largest absolute Gasteiger partial charge is 0.381 e. The maximum Gasteiger partial charge on any atom is 0.0417 e. The number of rotatable bonds is 6. The summed E-state index contributed by atoms with van der Waals surface area (Å²) in [5.41, 5.74) is 3.57. The Balaban J connectivity index is 2.00. The average Bonchev–Trinajstić information content (AvgIpc) is 2.49. The molecule has 21 heavy (non-hydrogen) atoms. The topological polar surface area (TPSA) is 15.3 Å². The van der Waals surface area contributed by atoms with Crippen LogP contribution in [-0.4, -0.2) is 13.1 Å². The van der Waals surface area contributed by atoms with Gasteiger partial charge >= 0.3 is 0 Å². The maximum atomic E-state index is 5.95. The third-order valence-electron chi connectivity index (χ3n) is 3.49. The van der Waals surface area contributed by atoms with E-state index >= 15 is 0 Å². The third-order valence-corrected chi connectivity index (χ3v) is 4.47. The molecule has 0 bridgehead atoms. The van der Waals surface area contributed by atoms with Crippen molar-refractivity contribution in [2.24, 2.45) is 0 Å². The molecule has 0 aliphatic rings. The maximum absolute atomic E-state index is 5.95. The summed E-state index contributed by atoms with van der Waals surface area (Å²) in [6.07, 6.45) is 0. The van der Waals surface area contributed by atoms with Crippen LogP contribution in [0.4, 0.5) is 11.4 Å². The Bertz CT molecular complexity index is 580. The fraction of sp³-hybridized carbons (Fsp3) is 0.294. The predicted molar refractivity (Wildman–Crippen MR) is 96.5 cm³/mol. The van der Waals surface area contributed by atoms with Crippen molar-refractivity contribution in [1.82, 2.24) is 0 Å². The van der Waals surface area contributed by atoms with Crippen molar-refractivity contribution in [2.75, 3.05) is 23.3 Å². The number of hydrogen-bond acceptors (Lipinski definition) is 2. The van der Waals surface area contributed by atoms with Crippen LogP contribution in [0.25, 0.3) is 0 Å². The van der Waals surface area contributed by atoms with Gasteiger partial charge in [0.1, 0.15) is 0 Å². The molecule has 2 nitrogen and oxygen atoms in total. The van der Waals surface area contributed by atoms with E-state index in [1.165, 1.54) is 11.3 Å². The number of benzene rings is 2. The summed E-state index contributed by atoms with van der Waals surface area (Å²) in [5.74, 6) is 0. The molecule has 2 aromatic rings. The fourth-order valence-electron chi connectivity index (χ4n) is 2.24. The molecule has 0 aliphatic heterocycles. The first-order valence-corrected chi connectivity index (χ1v) is 8.34. The van der Waals surface area contributed by atoms with Gasteiger partial charge in [-0.1, -0.05) is 33.6 Å². The van der Waals surface area contributed by atoms with Crippen molar-refractivity contribution in [1.29, 1.82) is 0 Å². The highest BCUT2D eigenvalue weighted by Crippen LogP contribution is 2.23. The van der Waals surface area contributed by atoms with E-state index in [-0.39, 0.29) is 0 Å². The van der Waals surface area contributed by atoms with Crippen molar-refractivity contribution in [3.8, 4) is 0 Å². The molecule has 0 radical (unpaired) electrons. The minimum atomic E-state index is 0.745. The Morgan fingerprint density at radius 1 is 1.05 bits per heavy atom. The highest BCUT2D eigenvalue weighted by molar-refractivity contribution is 9.10. The van der Waals surface area contributed by atoms with Gasteiger partial charge in [0.2, 0.25) is 0 Å². The quantitative estimate of drug-likeness (QED) is 0.719. The molecule has 0 heterocycles. The first-order valence-electron chi connectivity index (χ1n) is 7.16. The standard InChI is InChI=1S/C17H20BrClN2/c1-3-21(4-2)16-9-7-15(8-10-16)20-12-13-5-6-14(19)11-17(13)18/h5-11,20H,3-4,12H2,1-2H3. The predicted octanol–water partition coefficient (Wildman–Crippen LogP) is 5.56. The lowest BCUT2D eigenvalue weighted by molar-refractivity contribution is 0.866. The van der Waals surface area contributed by atoms with Crippen LogP contribution < -0.4 is 10.2 Å². The van der Waals surface area contributed by atoms with E-state index in [1.54, 1.807) is 0 Å². The van der Waals surface area contributed by atoms with E-state index in [0.29, 0.717) is 0 Å². The van der Waals surface area contributed by atoms with Gasteiger partial charge in [-0.15, -0.1) is 0 Å². The monoisotopic (exact) mass is 366 g/mol. The molecular weight excluding hydrogens is 348 g/mol. The fourth-order valence-corrected chi connectivity index (χ4v) is 3.06. The molecule has 0 aliphatic carbocycles. The third kappa shape index (κ3) is 4.39. The molecule has 1 N–H and O–H groups in total. The van der Waals surface area contributed by atoms with Crippen LogP contribution in [0.15, 0.2) is 46.9 Å². The molecule has 0 saturated carbocycles. The van der Waals surface area contributed by atoms with Crippen LogP contribution in [0.3, 0.4) is 0 Å². The lowest BCUT2D eigenvalue weighted by Gasteiger charge is -2.21. The molecule has 0 amide bonds. The van der Waals surface area contributed by atoms with Crippen LogP contribution in [-0.2, 0) is 6.54 Å². The molecule has 112 valence electrons. The summed E-state index contributed by atoms with van der Waals surface area (Å²) < 4.78 is 1.03. The van der Waals surface area contributed by atoms with Crippen LogP contribution in [0, 0.1) is 0 Å². The van der Waals surface area contributed by atoms with Gasteiger partial charge in [0.25, 0.3) is 0 Å². The van der Waals surface area contributed by atoms with E-state index < -0.39 is 0 Å². The number of anilines is 2. The molecule has 0 atom stereocenters.